The Balaban J connectivity index is 1.76. The fraction of sp³-hybridized carbons (Fsp3) is 0.333. The quantitative estimate of drug-likeness (QED) is 0.741. The van der Waals surface area contributed by atoms with Gasteiger partial charge in [0, 0.05) is 17.8 Å². The molecule has 0 saturated heterocycles. The number of rotatable bonds is 3. The fourth-order valence-corrected chi connectivity index (χ4v) is 3.55. The summed E-state index contributed by atoms with van der Waals surface area (Å²) in [5.41, 5.74) is 2.98. The van der Waals surface area contributed by atoms with Gasteiger partial charge >= 0.3 is 0 Å². The molecule has 0 aliphatic heterocycles. The van der Waals surface area contributed by atoms with Crippen molar-refractivity contribution in [1.29, 1.82) is 0 Å². The topological polar surface area (TPSA) is 64.7 Å². The van der Waals surface area contributed by atoms with Crippen LogP contribution in [0.5, 0.6) is 0 Å². The molecule has 1 aliphatic rings. The highest BCUT2D eigenvalue weighted by atomic mass is 32.1. The molecule has 3 heterocycles. The lowest BCUT2D eigenvalue weighted by Gasteiger charge is -2.39. The van der Waals surface area contributed by atoms with Gasteiger partial charge in [0.15, 0.2) is 5.82 Å². The number of hydrogen-bond acceptors (Lipinski definition) is 6. The lowest BCUT2D eigenvalue weighted by atomic mass is 9.64. The Labute approximate surface area is 126 Å². The first-order valence-electron chi connectivity index (χ1n) is 6.96. The van der Waals surface area contributed by atoms with E-state index in [1.165, 1.54) is 23.5 Å². The van der Waals surface area contributed by atoms with E-state index in [4.69, 9.17) is 4.52 Å². The van der Waals surface area contributed by atoms with Crippen molar-refractivity contribution in [3.63, 3.8) is 0 Å². The molecule has 1 aliphatic carbocycles. The predicted molar refractivity (Wildman–Crippen MR) is 79.0 cm³/mol. The summed E-state index contributed by atoms with van der Waals surface area (Å²) in [6.45, 7) is 1.96. The standard InChI is InChI=1S/C15H14N4OS/c1-10-12(9-21-19-10)13-17-14(18-20-13)15(5-2-6-15)11-3-7-16-8-4-11/h3-4,7-9H,2,5-6H2,1H3. The second-order valence-corrected chi connectivity index (χ2v) is 6.04. The third kappa shape index (κ3) is 1.90. The fourth-order valence-electron chi connectivity index (χ4n) is 2.87. The molecule has 0 atom stereocenters. The number of nitrogens with zero attached hydrogens (tertiary/aromatic N) is 4. The van der Waals surface area contributed by atoms with Crippen molar-refractivity contribution in [3.8, 4) is 11.5 Å². The van der Waals surface area contributed by atoms with E-state index >= 15 is 0 Å². The van der Waals surface area contributed by atoms with Crippen LogP contribution >= 0.6 is 11.5 Å². The maximum absolute atomic E-state index is 5.48. The Morgan fingerprint density at radius 1 is 1.24 bits per heavy atom. The van der Waals surface area contributed by atoms with Gasteiger partial charge in [-0.3, -0.25) is 4.98 Å². The molecule has 1 fully saturated rings. The Hall–Kier alpha value is -2.08. The molecule has 0 radical (unpaired) electrons. The van der Waals surface area contributed by atoms with Crippen molar-refractivity contribution in [3.05, 3.63) is 47.0 Å². The van der Waals surface area contributed by atoms with E-state index in [1.54, 1.807) is 0 Å². The van der Waals surface area contributed by atoms with Gasteiger partial charge in [0.05, 0.1) is 16.7 Å². The van der Waals surface area contributed by atoms with Gasteiger partial charge < -0.3 is 4.52 Å². The number of aryl methyl sites for hydroxylation is 1. The van der Waals surface area contributed by atoms with E-state index in [-0.39, 0.29) is 5.41 Å². The second-order valence-electron chi connectivity index (χ2n) is 5.41. The van der Waals surface area contributed by atoms with Crippen LogP contribution in [-0.2, 0) is 5.41 Å². The van der Waals surface area contributed by atoms with Crippen LogP contribution in [0.1, 0.15) is 36.3 Å². The summed E-state index contributed by atoms with van der Waals surface area (Å²) < 4.78 is 9.75. The summed E-state index contributed by atoms with van der Waals surface area (Å²) >= 11 is 1.41. The molecule has 5 nitrogen and oxygen atoms in total. The van der Waals surface area contributed by atoms with Crippen LogP contribution in [0.3, 0.4) is 0 Å². The predicted octanol–water partition coefficient (Wildman–Crippen LogP) is 3.37. The smallest absolute Gasteiger partial charge is 0.260 e. The largest absolute Gasteiger partial charge is 0.334 e. The molecule has 4 rings (SSSR count). The molecule has 21 heavy (non-hydrogen) atoms. The zero-order valence-corrected chi connectivity index (χ0v) is 12.4. The van der Waals surface area contributed by atoms with E-state index < -0.39 is 0 Å². The van der Waals surface area contributed by atoms with Crippen LogP contribution in [0.25, 0.3) is 11.5 Å². The number of pyridine rings is 1. The monoisotopic (exact) mass is 298 g/mol. The Morgan fingerprint density at radius 3 is 2.67 bits per heavy atom. The first-order chi connectivity index (χ1) is 10.3. The molecule has 0 N–H and O–H groups in total. The minimum Gasteiger partial charge on any atom is -0.334 e. The van der Waals surface area contributed by atoms with Crippen molar-refractivity contribution in [2.45, 2.75) is 31.6 Å². The third-order valence-corrected chi connectivity index (χ3v) is 4.99. The summed E-state index contributed by atoms with van der Waals surface area (Å²) in [4.78, 5) is 8.75. The van der Waals surface area contributed by atoms with Gasteiger partial charge in [-0.15, -0.1) is 0 Å². The van der Waals surface area contributed by atoms with E-state index in [0.29, 0.717) is 5.89 Å². The number of aromatic nitrogens is 4. The summed E-state index contributed by atoms with van der Waals surface area (Å²) in [6.07, 6.45) is 6.94. The second kappa shape index (κ2) is 4.73. The highest BCUT2D eigenvalue weighted by molar-refractivity contribution is 7.04. The molecule has 3 aromatic heterocycles. The molecule has 0 amide bonds. The lowest BCUT2D eigenvalue weighted by molar-refractivity contribution is 0.272. The molecular formula is C15H14N4OS. The molecule has 0 bridgehead atoms. The third-order valence-electron chi connectivity index (χ3n) is 4.27. The molecule has 3 aromatic rings. The summed E-state index contributed by atoms with van der Waals surface area (Å²) in [5.74, 6) is 1.34. The zero-order valence-electron chi connectivity index (χ0n) is 11.6. The molecule has 0 unspecified atom stereocenters. The van der Waals surface area contributed by atoms with Gasteiger partial charge in [-0.05, 0) is 49.0 Å². The normalized spacial score (nSPS) is 16.6. The van der Waals surface area contributed by atoms with Crippen LogP contribution < -0.4 is 0 Å². The van der Waals surface area contributed by atoms with Crippen LogP contribution in [0.15, 0.2) is 34.4 Å². The van der Waals surface area contributed by atoms with Gasteiger partial charge in [0.2, 0.25) is 0 Å². The maximum atomic E-state index is 5.48. The maximum Gasteiger partial charge on any atom is 0.260 e. The van der Waals surface area contributed by atoms with Crippen molar-refractivity contribution < 1.29 is 4.52 Å². The molecule has 0 aromatic carbocycles. The molecular weight excluding hydrogens is 284 g/mol. The van der Waals surface area contributed by atoms with E-state index in [1.807, 2.05) is 36.8 Å². The van der Waals surface area contributed by atoms with E-state index in [9.17, 15) is 0 Å². The van der Waals surface area contributed by atoms with Gasteiger partial charge in [-0.25, -0.2) is 0 Å². The number of hydrogen-bond donors (Lipinski definition) is 0. The van der Waals surface area contributed by atoms with Crippen molar-refractivity contribution in [1.82, 2.24) is 19.5 Å². The first-order valence-corrected chi connectivity index (χ1v) is 7.79. The molecule has 1 saturated carbocycles. The van der Waals surface area contributed by atoms with Crippen LogP contribution in [0, 0.1) is 6.92 Å². The Kier molecular flexibility index (Phi) is 2.85. The van der Waals surface area contributed by atoms with Gasteiger partial charge in [0.1, 0.15) is 0 Å². The minimum atomic E-state index is -0.109. The van der Waals surface area contributed by atoms with Crippen molar-refractivity contribution in [2.75, 3.05) is 0 Å². The van der Waals surface area contributed by atoms with Crippen molar-refractivity contribution in [2.24, 2.45) is 0 Å². The summed E-state index contributed by atoms with van der Waals surface area (Å²) in [5, 5.41) is 6.21. The summed E-state index contributed by atoms with van der Waals surface area (Å²) in [7, 11) is 0. The highest BCUT2D eigenvalue weighted by Gasteiger charge is 2.44. The first kappa shape index (κ1) is 12.6. The Bertz CT molecular complexity index is 761. The van der Waals surface area contributed by atoms with Crippen LogP contribution in [0.2, 0.25) is 0 Å². The lowest BCUT2D eigenvalue weighted by Crippen LogP contribution is -2.36. The SMILES string of the molecule is Cc1nscc1-c1nc(C2(c3ccncc3)CCC2)no1. The highest BCUT2D eigenvalue weighted by Crippen LogP contribution is 2.47. The van der Waals surface area contributed by atoms with Gasteiger partial charge in [-0.1, -0.05) is 11.6 Å². The average Bonchev–Trinajstić information content (AvgIpc) is 3.08. The van der Waals surface area contributed by atoms with E-state index in [0.717, 1.165) is 29.9 Å². The molecule has 6 heteroatoms. The van der Waals surface area contributed by atoms with Gasteiger partial charge in [0.25, 0.3) is 5.89 Å². The zero-order chi connectivity index (χ0) is 14.3. The van der Waals surface area contributed by atoms with Crippen molar-refractivity contribution >= 4 is 11.5 Å². The van der Waals surface area contributed by atoms with Crippen LogP contribution in [-0.4, -0.2) is 19.5 Å². The molecule has 0 spiro atoms. The molecule has 106 valence electrons. The van der Waals surface area contributed by atoms with E-state index in [2.05, 4.69) is 19.5 Å². The van der Waals surface area contributed by atoms with Gasteiger partial charge in [-0.2, -0.15) is 9.36 Å². The van der Waals surface area contributed by atoms with Crippen LogP contribution in [0.4, 0.5) is 0 Å². The minimum absolute atomic E-state index is 0.109. The Morgan fingerprint density at radius 2 is 2.05 bits per heavy atom. The summed E-state index contributed by atoms with van der Waals surface area (Å²) in [6, 6.07) is 4.10. The average molecular weight is 298 g/mol.